The Morgan fingerprint density at radius 2 is 2.35 bits per heavy atom. The van der Waals surface area contributed by atoms with Gasteiger partial charge in [0.15, 0.2) is 5.82 Å². The number of carbonyl (C=O) groups is 1. The van der Waals surface area contributed by atoms with Gasteiger partial charge in [0.25, 0.3) is 0 Å². The van der Waals surface area contributed by atoms with Crippen molar-refractivity contribution in [3.63, 3.8) is 0 Å². The Hall–Kier alpha value is -2.15. The van der Waals surface area contributed by atoms with Gasteiger partial charge in [0.1, 0.15) is 5.82 Å². The number of amides is 1. The molecule has 8 heteroatoms. The fourth-order valence-electron chi connectivity index (χ4n) is 2.75. The second kappa shape index (κ2) is 6.54. The molecule has 0 saturated carbocycles. The first-order valence-electron chi connectivity index (χ1n) is 7.47. The zero-order valence-corrected chi connectivity index (χ0v) is 13.8. The van der Waals surface area contributed by atoms with Crippen molar-refractivity contribution in [2.24, 2.45) is 0 Å². The fourth-order valence-corrected chi connectivity index (χ4v) is 2.86. The SMILES string of the molecule is Cc1nc(C2CCCN2C(=O)CN(C)c2ccc(Cl)cn2)no1. The minimum Gasteiger partial charge on any atom is -0.350 e. The summed E-state index contributed by atoms with van der Waals surface area (Å²) < 4.78 is 5.03. The lowest BCUT2D eigenvalue weighted by molar-refractivity contribution is -0.130. The molecule has 0 aromatic carbocycles. The molecule has 1 aliphatic rings. The van der Waals surface area contributed by atoms with Crippen molar-refractivity contribution in [3.05, 3.63) is 35.1 Å². The van der Waals surface area contributed by atoms with Crippen LogP contribution in [0.2, 0.25) is 5.02 Å². The Morgan fingerprint density at radius 3 is 3.00 bits per heavy atom. The van der Waals surface area contributed by atoms with Gasteiger partial charge < -0.3 is 14.3 Å². The van der Waals surface area contributed by atoms with E-state index in [9.17, 15) is 4.79 Å². The molecule has 0 radical (unpaired) electrons. The number of likely N-dealkylation sites (tertiary alicyclic amines) is 1. The van der Waals surface area contributed by atoms with Gasteiger partial charge in [-0.15, -0.1) is 0 Å². The summed E-state index contributed by atoms with van der Waals surface area (Å²) in [6.45, 7) is 2.69. The molecule has 1 saturated heterocycles. The molecule has 2 aromatic rings. The average molecular weight is 336 g/mol. The molecule has 0 N–H and O–H groups in total. The van der Waals surface area contributed by atoms with Crippen LogP contribution in [-0.4, -0.2) is 46.1 Å². The van der Waals surface area contributed by atoms with Crippen LogP contribution in [0.15, 0.2) is 22.9 Å². The third kappa shape index (κ3) is 3.44. The summed E-state index contributed by atoms with van der Waals surface area (Å²) in [6, 6.07) is 3.44. The normalized spacial score (nSPS) is 17.5. The van der Waals surface area contributed by atoms with Crippen molar-refractivity contribution >= 4 is 23.3 Å². The summed E-state index contributed by atoms with van der Waals surface area (Å²) in [6.07, 6.45) is 3.36. The Bertz CT molecular complexity index is 687. The number of rotatable bonds is 4. The molecule has 1 unspecified atom stereocenters. The van der Waals surface area contributed by atoms with Gasteiger partial charge in [-0.25, -0.2) is 4.98 Å². The second-order valence-corrected chi connectivity index (χ2v) is 6.04. The Morgan fingerprint density at radius 1 is 1.52 bits per heavy atom. The van der Waals surface area contributed by atoms with E-state index in [1.54, 1.807) is 30.2 Å². The number of hydrogen-bond donors (Lipinski definition) is 0. The van der Waals surface area contributed by atoms with E-state index in [1.807, 2.05) is 11.9 Å². The molecule has 122 valence electrons. The van der Waals surface area contributed by atoms with Crippen LogP contribution in [0.3, 0.4) is 0 Å². The van der Waals surface area contributed by atoms with Crippen LogP contribution in [0.4, 0.5) is 5.82 Å². The lowest BCUT2D eigenvalue weighted by Crippen LogP contribution is -2.39. The van der Waals surface area contributed by atoms with Crippen LogP contribution < -0.4 is 4.90 Å². The first kappa shape index (κ1) is 15.7. The van der Waals surface area contributed by atoms with Crippen molar-refractivity contribution in [2.45, 2.75) is 25.8 Å². The van der Waals surface area contributed by atoms with E-state index in [1.165, 1.54) is 0 Å². The van der Waals surface area contributed by atoms with Gasteiger partial charge in [0.05, 0.1) is 17.6 Å². The number of halogens is 1. The monoisotopic (exact) mass is 335 g/mol. The third-order valence-electron chi connectivity index (χ3n) is 3.89. The Kier molecular flexibility index (Phi) is 4.47. The molecule has 23 heavy (non-hydrogen) atoms. The largest absolute Gasteiger partial charge is 0.350 e. The predicted octanol–water partition coefficient (Wildman–Crippen LogP) is 2.23. The van der Waals surface area contributed by atoms with Crippen LogP contribution in [-0.2, 0) is 4.79 Å². The standard InChI is InChI=1S/C15H18ClN5O2/c1-10-18-15(19-23-10)12-4-3-7-21(12)14(22)9-20(2)13-6-5-11(16)8-17-13/h5-6,8,12H,3-4,7,9H2,1-2H3. The zero-order chi connectivity index (χ0) is 16.4. The summed E-state index contributed by atoms with van der Waals surface area (Å²) in [5, 5.41) is 4.53. The minimum atomic E-state index is -0.105. The van der Waals surface area contributed by atoms with Gasteiger partial charge >= 0.3 is 0 Å². The highest BCUT2D eigenvalue weighted by Crippen LogP contribution is 2.30. The fraction of sp³-hybridized carbons (Fsp3) is 0.467. The summed E-state index contributed by atoms with van der Waals surface area (Å²) in [5.74, 6) is 1.82. The van der Waals surface area contributed by atoms with E-state index < -0.39 is 0 Å². The maximum Gasteiger partial charge on any atom is 0.242 e. The van der Waals surface area contributed by atoms with Gasteiger partial charge in [0.2, 0.25) is 11.8 Å². The zero-order valence-electron chi connectivity index (χ0n) is 13.1. The molecule has 3 heterocycles. The highest BCUT2D eigenvalue weighted by molar-refractivity contribution is 6.30. The molecule has 2 aromatic heterocycles. The highest BCUT2D eigenvalue weighted by Gasteiger charge is 2.33. The molecule has 1 fully saturated rings. The van der Waals surface area contributed by atoms with E-state index in [0.29, 0.717) is 29.1 Å². The smallest absolute Gasteiger partial charge is 0.242 e. The maximum atomic E-state index is 12.6. The molecule has 1 atom stereocenters. The van der Waals surface area contributed by atoms with E-state index in [4.69, 9.17) is 16.1 Å². The molecule has 1 amide bonds. The molecular formula is C15H18ClN5O2. The molecule has 3 rings (SSSR count). The molecule has 0 bridgehead atoms. The molecule has 0 aliphatic carbocycles. The summed E-state index contributed by atoms with van der Waals surface area (Å²) in [4.78, 5) is 24.7. The van der Waals surface area contributed by atoms with E-state index in [-0.39, 0.29) is 18.5 Å². The highest BCUT2D eigenvalue weighted by atomic mass is 35.5. The first-order chi connectivity index (χ1) is 11.0. The van der Waals surface area contributed by atoms with Gasteiger partial charge in [-0.2, -0.15) is 4.98 Å². The molecule has 0 spiro atoms. The number of likely N-dealkylation sites (N-methyl/N-ethyl adjacent to an activating group) is 1. The maximum absolute atomic E-state index is 12.6. The van der Waals surface area contributed by atoms with Crippen LogP contribution in [0, 0.1) is 6.92 Å². The number of pyridine rings is 1. The van der Waals surface area contributed by atoms with Gasteiger partial charge in [-0.05, 0) is 25.0 Å². The lowest BCUT2D eigenvalue weighted by atomic mass is 10.2. The summed E-state index contributed by atoms with van der Waals surface area (Å²) in [7, 11) is 1.83. The van der Waals surface area contributed by atoms with Crippen LogP contribution in [0.5, 0.6) is 0 Å². The van der Waals surface area contributed by atoms with Crippen molar-refractivity contribution in [1.29, 1.82) is 0 Å². The third-order valence-corrected chi connectivity index (χ3v) is 4.11. The van der Waals surface area contributed by atoms with Crippen LogP contribution >= 0.6 is 11.6 Å². The Balaban J connectivity index is 1.68. The van der Waals surface area contributed by atoms with Crippen molar-refractivity contribution in [1.82, 2.24) is 20.0 Å². The van der Waals surface area contributed by atoms with Crippen molar-refractivity contribution in [2.75, 3.05) is 25.0 Å². The van der Waals surface area contributed by atoms with Crippen molar-refractivity contribution in [3.8, 4) is 0 Å². The molecule has 1 aliphatic heterocycles. The lowest BCUT2D eigenvalue weighted by Gasteiger charge is -2.25. The number of aryl methyl sites for hydroxylation is 1. The van der Waals surface area contributed by atoms with Crippen molar-refractivity contribution < 1.29 is 9.32 Å². The number of anilines is 1. The number of hydrogen-bond acceptors (Lipinski definition) is 6. The molecule has 7 nitrogen and oxygen atoms in total. The van der Waals surface area contributed by atoms with Crippen LogP contribution in [0.1, 0.15) is 30.6 Å². The average Bonchev–Trinajstić information content (AvgIpc) is 3.16. The van der Waals surface area contributed by atoms with E-state index >= 15 is 0 Å². The molecular weight excluding hydrogens is 318 g/mol. The number of aromatic nitrogens is 3. The summed E-state index contributed by atoms with van der Waals surface area (Å²) >= 11 is 5.84. The van der Waals surface area contributed by atoms with Gasteiger partial charge in [0, 0.05) is 26.7 Å². The Labute approximate surface area is 139 Å². The topological polar surface area (TPSA) is 75.4 Å². The number of nitrogens with zero attached hydrogens (tertiary/aromatic N) is 5. The second-order valence-electron chi connectivity index (χ2n) is 5.61. The van der Waals surface area contributed by atoms with E-state index in [2.05, 4.69) is 15.1 Å². The predicted molar refractivity (Wildman–Crippen MR) is 85.2 cm³/mol. The summed E-state index contributed by atoms with van der Waals surface area (Å²) in [5.41, 5.74) is 0. The quantitative estimate of drug-likeness (QED) is 0.852. The minimum absolute atomic E-state index is 0.0224. The van der Waals surface area contributed by atoms with Gasteiger partial charge in [-0.1, -0.05) is 16.8 Å². The van der Waals surface area contributed by atoms with Crippen LogP contribution in [0.25, 0.3) is 0 Å². The first-order valence-corrected chi connectivity index (χ1v) is 7.85. The van der Waals surface area contributed by atoms with E-state index in [0.717, 1.165) is 12.8 Å². The number of carbonyl (C=O) groups excluding carboxylic acids is 1. The van der Waals surface area contributed by atoms with Gasteiger partial charge in [-0.3, -0.25) is 4.79 Å².